The number of allylic oxidation sites excluding steroid dienone is 1. The van der Waals surface area contributed by atoms with Gasteiger partial charge < -0.3 is 5.11 Å². The third-order valence-corrected chi connectivity index (χ3v) is 0.394. The lowest BCUT2D eigenvalue weighted by Crippen LogP contribution is -1.91. The van der Waals surface area contributed by atoms with Gasteiger partial charge in [0.25, 0.3) is 0 Å². The molecule has 0 spiro atoms. The van der Waals surface area contributed by atoms with E-state index in [0.29, 0.717) is 0 Å². The van der Waals surface area contributed by atoms with Crippen LogP contribution in [0.5, 0.6) is 0 Å². The third kappa shape index (κ3) is 5.26. The second kappa shape index (κ2) is 3.45. The van der Waals surface area contributed by atoms with Crippen LogP contribution in [0.1, 0.15) is 6.92 Å². The lowest BCUT2D eigenvalue weighted by molar-refractivity contribution is 0.253. The summed E-state index contributed by atoms with van der Waals surface area (Å²) in [6.07, 6.45) is 0.921. The zero-order valence-corrected chi connectivity index (χ0v) is 4.31. The second-order valence-electron chi connectivity index (χ2n) is 1.17. The molecule has 0 radical (unpaired) electrons. The van der Waals surface area contributed by atoms with E-state index in [9.17, 15) is 0 Å². The largest absolute Gasteiger partial charge is 0.381 e. The van der Waals surface area contributed by atoms with Crippen molar-refractivity contribution in [3.05, 3.63) is 12.7 Å². The van der Waals surface area contributed by atoms with Crippen LogP contribution in [-0.4, -0.2) is 11.2 Å². The first-order valence-corrected chi connectivity index (χ1v) is 2.07. The van der Waals surface area contributed by atoms with Gasteiger partial charge in [-0.15, -0.1) is 0 Å². The van der Waals surface area contributed by atoms with Crippen molar-refractivity contribution in [3.8, 4) is 11.8 Å². The molecule has 1 unspecified atom stereocenters. The van der Waals surface area contributed by atoms with Gasteiger partial charge in [0.05, 0.1) is 0 Å². The highest BCUT2D eigenvalue weighted by Crippen LogP contribution is 1.70. The zero-order valence-electron chi connectivity index (χ0n) is 4.31. The van der Waals surface area contributed by atoms with E-state index >= 15 is 0 Å². The Balaban J connectivity index is 3.43. The maximum Gasteiger partial charge on any atom is 0.112 e. The number of aliphatic hydroxyl groups excluding tert-OH is 1. The van der Waals surface area contributed by atoms with Crippen molar-refractivity contribution in [2.45, 2.75) is 13.0 Å². The van der Waals surface area contributed by atoms with Crippen molar-refractivity contribution in [3.63, 3.8) is 0 Å². The van der Waals surface area contributed by atoms with Crippen molar-refractivity contribution in [2.24, 2.45) is 0 Å². The van der Waals surface area contributed by atoms with Crippen LogP contribution in [0.3, 0.4) is 0 Å². The molecular weight excluding hydrogens is 88.1 g/mol. The Hall–Kier alpha value is -0.740. The van der Waals surface area contributed by atoms with E-state index in [1.54, 1.807) is 6.92 Å². The van der Waals surface area contributed by atoms with E-state index in [-0.39, 0.29) is 0 Å². The SMILES string of the molecule is C=CC#CC(C)O. The molecule has 1 atom stereocenters. The first kappa shape index (κ1) is 6.26. The highest BCUT2D eigenvalue weighted by atomic mass is 16.3. The Bertz CT molecular complexity index is 103. The lowest BCUT2D eigenvalue weighted by atomic mass is 10.4. The van der Waals surface area contributed by atoms with Gasteiger partial charge in [0.2, 0.25) is 0 Å². The predicted molar refractivity (Wildman–Crippen MR) is 29.7 cm³/mol. The summed E-state index contributed by atoms with van der Waals surface area (Å²) in [5, 5.41) is 8.46. The number of aliphatic hydroxyl groups is 1. The Morgan fingerprint density at radius 2 is 2.43 bits per heavy atom. The lowest BCUT2D eigenvalue weighted by Gasteiger charge is -1.82. The molecule has 0 rings (SSSR count). The minimum atomic E-state index is -0.530. The van der Waals surface area contributed by atoms with Gasteiger partial charge in [-0.1, -0.05) is 18.4 Å². The van der Waals surface area contributed by atoms with Gasteiger partial charge in [0, 0.05) is 0 Å². The van der Waals surface area contributed by atoms with Crippen LogP contribution in [0.25, 0.3) is 0 Å². The summed E-state index contributed by atoms with van der Waals surface area (Å²) < 4.78 is 0. The summed E-state index contributed by atoms with van der Waals surface area (Å²) >= 11 is 0. The molecule has 0 saturated heterocycles. The minimum absolute atomic E-state index is 0.530. The van der Waals surface area contributed by atoms with Gasteiger partial charge in [0.15, 0.2) is 0 Å². The van der Waals surface area contributed by atoms with Crippen molar-refractivity contribution in [1.82, 2.24) is 0 Å². The fourth-order valence-electron chi connectivity index (χ4n) is 0.180. The second-order valence-corrected chi connectivity index (χ2v) is 1.17. The number of hydrogen-bond acceptors (Lipinski definition) is 1. The first-order chi connectivity index (χ1) is 3.27. The monoisotopic (exact) mass is 96.1 g/mol. The Morgan fingerprint density at radius 3 is 2.57 bits per heavy atom. The Labute approximate surface area is 43.7 Å². The van der Waals surface area contributed by atoms with Gasteiger partial charge >= 0.3 is 0 Å². The summed E-state index contributed by atoms with van der Waals surface area (Å²) in [4.78, 5) is 0. The molecule has 0 aromatic carbocycles. The predicted octanol–water partition coefficient (Wildman–Crippen LogP) is 0.557. The molecule has 0 aromatic rings. The van der Waals surface area contributed by atoms with E-state index in [1.165, 1.54) is 6.08 Å². The summed E-state index contributed by atoms with van der Waals surface area (Å²) in [7, 11) is 0. The van der Waals surface area contributed by atoms with Gasteiger partial charge in [0.1, 0.15) is 6.10 Å². The highest BCUT2D eigenvalue weighted by molar-refractivity contribution is 5.14. The molecule has 0 aliphatic heterocycles. The standard InChI is InChI=1S/C6H8O/c1-3-4-5-6(2)7/h3,6-7H,1H2,2H3. The molecule has 1 N–H and O–H groups in total. The van der Waals surface area contributed by atoms with Crippen molar-refractivity contribution >= 4 is 0 Å². The molecule has 0 aromatic heterocycles. The van der Waals surface area contributed by atoms with E-state index in [2.05, 4.69) is 18.4 Å². The molecule has 1 heteroatoms. The molecule has 7 heavy (non-hydrogen) atoms. The molecule has 0 fully saturated rings. The van der Waals surface area contributed by atoms with Crippen LogP contribution in [0.2, 0.25) is 0 Å². The first-order valence-electron chi connectivity index (χ1n) is 2.07. The number of hydrogen-bond donors (Lipinski definition) is 1. The van der Waals surface area contributed by atoms with Crippen molar-refractivity contribution < 1.29 is 5.11 Å². The smallest absolute Gasteiger partial charge is 0.112 e. The highest BCUT2D eigenvalue weighted by Gasteiger charge is 1.78. The molecule has 0 bridgehead atoms. The summed E-state index contributed by atoms with van der Waals surface area (Å²) in [6.45, 7) is 4.96. The minimum Gasteiger partial charge on any atom is -0.381 e. The fourth-order valence-corrected chi connectivity index (χ4v) is 0.180. The maximum atomic E-state index is 8.46. The quantitative estimate of drug-likeness (QED) is 0.437. The van der Waals surface area contributed by atoms with Crippen LogP contribution in [-0.2, 0) is 0 Å². The van der Waals surface area contributed by atoms with Gasteiger partial charge in [-0.05, 0) is 13.0 Å². The van der Waals surface area contributed by atoms with Gasteiger partial charge in [-0.25, -0.2) is 0 Å². The Kier molecular flexibility index (Phi) is 3.09. The van der Waals surface area contributed by atoms with E-state index < -0.39 is 6.10 Å². The van der Waals surface area contributed by atoms with Crippen LogP contribution in [0.4, 0.5) is 0 Å². The summed E-state index contributed by atoms with van der Waals surface area (Å²) in [5.74, 6) is 4.99. The van der Waals surface area contributed by atoms with Crippen LogP contribution < -0.4 is 0 Å². The van der Waals surface area contributed by atoms with E-state index in [0.717, 1.165) is 0 Å². The normalized spacial score (nSPS) is 11.1. The van der Waals surface area contributed by atoms with Crippen LogP contribution in [0, 0.1) is 11.8 Å². The summed E-state index contributed by atoms with van der Waals surface area (Å²) in [5.41, 5.74) is 0. The van der Waals surface area contributed by atoms with Gasteiger partial charge in [-0.3, -0.25) is 0 Å². The average Bonchev–Trinajstić information content (AvgIpc) is 1.61. The van der Waals surface area contributed by atoms with Gasteiger partial charge in [-0.2, -0.15) is 0 Å². The summed E-state index contributed by atoms with van der Waals surface area (Å²) in [6, 6.07) is 0. The molecule has 0 saturated carbocycles. The van der Waals surface area contributed by atoms with Crippen molar-refractivity contribution in [1.29, 1.82) is 0 Å². The molecule has 0 heterocycles. The fraction of sp³-hybridized carbons (Fsp3) is 0.333. The van der Waals surface area contributed by atoms with E-state index in [4.69, 9.17) is 5.11 Å². The zero-order chi connectivity index (χ0) is 5.70. The molecule has 0 aliphatic carbocycles. The third-order valence-electron chi connectivity index (χ3n) is 0.394. The average molecular weight is 96.1 g/mol. The number of rotatable bonds is 0. The van der Waals surface area contributed by atoms with Crippen LogP contribution in [0.15, 0.2) is 12.7 Å². The molecule has 0 aliphatic rings. The van der Waals surface area contributed by atoms with E-state index in [1.807, 2.05) is 0 Å². The Morgan fingerprint density at radius 1 is 1.86 bits per heavy atom. The molecule has 1 nitrogen and oxygen atoms in total. The maximum absolute atomic E-state index is 8.46. The topological polar surface area (TPSA) is 20.2 Å². The molecular formula is C6H8O. The van der Waals surface area contributed by atoms with Crippen molar-refractivity contribution in [2.75, 3.05) is 0 Å². The molecule has 38 valence electrons. The molecule has 0 amide bonds. The van der Waals surface area contributed by atoms with Crippen LogP contribution >= 0.6 is 0 Å².